The van der Waals surface area contributed by atoms with Crippen molar-refractivity contribution < 1.29 is 4.79 Å². The molecule has 0 aliphatic heterocycles. The van der Waals surface area contributed by atoms with Gasteiger partial charge in [-0.3, -0.25) is 4.79 Å². The largest absolute Gasteiger partial charge is 0.319 e. The minimum Gasteiger partial charge on any atom is -0.319 e. The summed E-state index contributed by atoms with van der Waals surface area (Å²) >= 11 is 15.1. The average Bonchev–Trinajstić information content (AvgIpc) is 3.36. The van der Waals surface area contributed by atoms with E-state index in [9.17, 15) is 4.79 Å². The maximum atomic E-state index is 12.9. The summed E-state index contributed by atoms with van der Waals surface area (Å²) in [5.74, 6) is -0.262. The van der Waals surface area contributed by atoms with Gasteiger partial charge >= 0.3 is 0 Å². The van der Waals surface area contributed by atoms with E-state index in [0.29, 0.717) is 31.3 Å². The lowest BCUT2D eigenvalue weighted by molar-refractivity contribution is 0.103. The van der Waals surface area contributed by atoms with Gasteiger partial charge in [-0.25, -0.2) is 14.6 Å². The molecule has 3 heterocycles. The van der Waals surface area contributed by atoms with Crippen molar-refractivity contribution in [3.63, 3.8) is 0 Å². The lowest BCUT2D eigenvalue weighted by Crippen LogP contribution is -2.14. The Kier molecular flexibility index (Phi) is 4.96. The van der Waals surface area contributed by atoms with E-state index in [1.807, 2.05) is 12.1 Å². The summed E-state index contributed by atoms with van der Waals surface area (Å²) in [4.78, 5) is 22.8. The summed E-state index contributed by atoms with van der Waals surface area (Å²) < 4.78 is 2.19. The van der Waals surface area contributed by atoms with Crippen LogP contribution < -0.4 is 5.32 Å². The Labute approximate surface area is 172 Å². The highest BCUT2D eigenvalue weighted by Gasteiger charge is 2.19. The number of halogens is 2. The van der Waals surface area contributed by atoms with Crippen LogP contribution in [0, 0.1) is 6.92 Å². The summed E-state index contributed by atoms with van der Waals surface area (Å²) in [6.07, 6.45) is 2.92. The van der Waals surface area contributed by atoms with Crippen LogP contribution in [0.4, 0.5) is 5.69 Å². The number of nitrogens with zero attached hydrogens (tertiary/aromatic N) is 4. The molecule has 10 heteroatoms. The molecule has 0 saturated carbocycles. The second-order valence-corrected chi connectivity index (χ2v) is 8.59. The van der Waals surface area contributed by atoms with Gasteiger partial charge in [-0.1, -0.05) is 29.3 Å². The van der Waals surface area contributed by atoms with Crippen LogP contribution in [-0.4, -0.2) is 25.7 Å². The third-order valence-electron chi connectivity index (χ3n) is 3.67. The van der Waals surface area contributed by atoms with Crippen LogP contribution in [0.5, 0.6) is 0 Å². The van der Waals surface area contributed by atoms with E-state index in [0.717, 1.165) is 9.88 Å². The fourth-order valence-electron chi connectivity index (χ4n) is 2.49. The first-order chi connectivity index (χ1) is 13.0. The Bertz CT molecular complexity index is 1120. The van der Waals surface area contributed by atoms with Crippen molar-refractivity contribution in [2.45, 2.75) is 6.92 Å². The van der Waals surface area contributed by atoms with Crippen LogP contribution in [-0.2, 0) is 0 Å². The van der Waals surface area contributed by atoms with Crippen molar-refractivity contribution >= 4 is 57.5 Å². The molecule has 0 saturated heterocycles. The van der Waals surface area contributed by atoms with Crippen molar-refractivity contribution in [1.29, 1.82) is 0 Å². The summed E-state index contributed by atoms with van der Waals surface area (Å²) in [5.41, 5.74) is 1.74. The van der Waals surface area contributed by atoms with E-state index in [1.165, 1.54) is 40.0 Å². The molecule has 136 valence electrons. The molecule has 1 amide bonds. The van der Waals surface area contributed by atoms with Crippen LogP contribution in [0.15, 0.2) is 43.0 Å². The molecule has 0 atom stereocenters. The zero-order valence-electron chi connectivity index (χ0n) is 13.8. The number of aromatic nitrogens is 4. The molecule has 0 unspecified atom stereocenters. The van der Waals surface area contributed by atoms with Crippen LogP contribution in [0.1, 0.15) is 15.4 Å². The van der Waals surface area contributed by atoms with E-state index < -0.39 is 0 Å². The van der Waals surface area contributed by atoms with Gasteiger partial charge in [-0.2, -0.15) is 5.10 Å². The molecule has 0 radical (unpaired) electrons. The van der Waals surface area contributed by atoms with E-state index >= 15 is 0 Å². The molecule has 0 aliphatic rings. The standard InChI is InChI=1S/C17H11Cl2N5OS2/c1-9-15(27-17(22-9)12-5-6-13(19)26-12)16(25)23-11-4-2-3-10(18)14(11)24-8-20-7-21-24/h2-8H,1H3,(H,23,25). The van der Waals surface area contributed by atoms with Gasteiger partial charge in [0.2, 0.25) is 0 Å². The second-order valence-electron chi connectivity index (χ2n) is 5.47. The molecule has 0 spiro atoms. The van der Waals surface area contributed by atoms with Crippen LogP contribution in [0.25, 0.3) is 15.6 Å². The van der Waals surface area contributed by atoms with E-state index in [2.05, 4.69) is 20.4 Å². The number of benzene rings is 1. The molecule has 3 aromatic heterocycles. The number of aryl methyl sites for hydroxylation is 1. The topological polar surface area (TPSA) is 72.7 Å². The molecule has 0 aliphatic carbocycles. The first kappa shape index (κ1) is 18.1. The molecule has 1 N–H and O–H groups in total. The summed E-state index contributed by atoms with van der Waals surface area (Å²) in [5, 5.41) is 8.22. The quantitative estimate of drug-likeness (QED) is 0.470. The number of anilines is 1. The van der Waals surface area contributed by atoms with Gasteiger partial charge in [-0.05, 0) is 31.2 Å². The summed E-state index contributed by atoms with van der Waals surface area (Å²) in [7, 11) is 0. The third-order valence-corrected chi connectivity index (χ3v) is 6.53. The zero-order chi connectivity index (χ0) is 19.0. The molecular weight excluding hydrogens is 425 g/mol. The monoisotopic (exact) mass is 435 g/mol. The average molecular weight is 436 g/mol. The minimum atomic E-state index is -0.262. The Balaban J connectivity index is 1.66. The number of para-hydroxylation sites is 1. The summed E-state index contributed by atoms with van der Waals surface area (Å²) in [6, 6.07) is 8.96. The second kappa shape index (κ2) is 7.40. The van der Waals surface area contributed by atoms with Crippen LogP contribution >= 0.6 is 45.9 Å². The van der Waals surface area contributed by atoms with Crippen molar-refractivity contribution in [2.24, 2.45) is 0 Å². The first-order valence-corrected chi connectivity index (χ1v) is 10.1. The maximum Gasteiger partial charge on any atom is 0.267 e. The number of hydrogen-bond donors (Lipinski definition) is 1. The van der Waals surface area contributed by atoms with E-state index in [4.69, 9.17) is 23.2 Å². The highest BCUT2D eigenvalue weighted by molar-refractivity contribution is 7.24. The number of carbonyl (C=O) groups excluding carboxylic acids is 1. The van der Waals surface area contributed by atoms with Crippen molar-refractivity contribution in [3.8, 4) is 15.6 Å². The Morgan fingerprint density at radius 3 is 2.74 bits per heavy atom. The first-order valence-electron chi connectivity index (χ1n) is 7.71. The molecule has 6 nitrogen and oxygen atoms in total. The highest BCUT2D eigenvalue weighted by atomic mass is 35.5. The number of nitrogens with one attached hydrogen (secondary N) is 1. The predicted octanol–water partition coefficient (Wildman–Crippen LogP) is 5.32. The smallest absolute Gasteiger partial charge is 0.267 e. The number of rotatable bonds is 4. The number of thiophene rings is 1. The van der Waals surface area contributed by atoms with E-state index in [-0.39, 0.29) is 5.91 Å². The van der Waals surface area contributed by atoms with Gasteiger partial charge in [0.1, 0.15) is 28.2 Å². The molecule has 4 rings (SSSR count). The molecule has 0 bridgehead atoms. The normalized spacial score (nSPS) is 10.9. The van der Waals surface area contributed by atoms with Gasteiger partial charge in [-0.15, -0.1) is 22.7 Å². The van der Waals surface area contributed by atoms with Gasteiger partial charge in [0.05, 0.1) is 25.6 Å². The molecule has 4 aromatic rings. The van der Waals surface area contributed by atoms with Gasteiger partial charge < -0.3 is 5.32 Å². The SMILES string of the molecule is Cc1nc(-c2ccc(Cl)s2)sc1C(=O)Nc1cccc(Cl)c1-n1cncn1. The number of amides is 1. The predicted molar refractivity (Wildman–Crippen MR) is 109 cm³/mol. The highest BCUT2D eigenvalue weighted by Crippen LogP contribution is 2.35. The molecule has 27 heavy (non-hydrogen) atoms. The minimum absolute atomic E-state index is 0.262. The third kappa shape index (κ3) is 3.61. The number of thiazole rings is 1. The van der Waals surface area contributed by atoms with Gasteiger partial charge in [0, 0.05) is 0 Å². The molecule has 1 aromatic carbocycles. The maximum absolute atomic E-state index is 12.9. The van der Waals surface area contributed by atoms with E-state index in [1.54, 1.807) is 25.1 Å². The van der Waals surface area contributed by atoms with Crippen molar-refractivity contribution in [2.75, 3.05) is 5.32 Å². The van der Waals surface area contributed by atoms with Crippen molar-refractivity contribution in [1.82, 2.24) is 19.7 Å². The zero-order valence-corrected chi connectivity index (χ0v) is 17.0. The van der Waals surface area contributed by atoms with Crippen molar-refractivity contribution in [3.05, 3.63) is 62.9 Å². The summed E-state index contributed by atoms with van der Waals surface area (Å²) in [6.45, 7) is 1.81. The van der Waals surface area contributed by atoms with Gasteiger partial charge in [0.25, 0.3) is 5.91 Å². The Hall–Kier alpha value is -2.26. The van der Waals surface area contributed by atoms with Crippen LogP contribution in [0.3, 0.4) is 0 Å². The lowest BCUT2D eigenvalue weighted by Gasteiger charge is -2.11. The number of carbonyl (C=O) groups is 1. The molecular formula is C17H11Cl2N5OS2. The molecule has 0 fully saturated rings. The number of hydrogen-bond acceptors (Lipinski definition) is 6. The lowest BCUT2D eigenvalue weighted by atomic mass is 10.2. The van der Waals surface area contributed by atoms with Gasteiger partial charge in [0.15, 0.2) is 0 Å². The fraction of sp³-hybridized carbons (Fsp3) is 0.0588. The fourth-order valence-corrected chi connectivity index (χ4v) is 4.81. The van der Waals surface area contributed by atoms with Crippen LogP contribution in [0.2, 0.25) is 9.36 Å². The Morgan fingerprint density at radius 2 is 2.04 bits per heavy atom. The Morgan fingerprint density at radius 1 is 1.19 bits per heavy atom.